The number of esters is 1. The molecule has 0 aliphatic heterocycles. The first kappa shape index (κ1) is 21.2. The molecule has 150 valence electrons. The highest BCUT2D eigenvalue weighted by atomic mass is 79.9. The van der Waals surface area contributed by atoms with E-state index < -0.39 is 5.97 Å². The van der Waals surface area contributed by atoms with Crippen LogP contribution in [-0.4, -0.2) is 28.7 Å². The van der Waals surface area contributed by atoms with Crippen molar-refractivity contribution in [3.63, 3.8) is 0 Å². The fourth-order valence-electron chi connectivity index (χ4n) is 3.10. The number of aryl methyl sites for hydroxylation is 1. The molecule has 0 amide bonds. The lowest BCUT2D eigenvalue weighted by Gasteiger charge is -2.10. The van der Waals surface area contributed by atoms with E-state index in [1.54, 1.807) is 18.2 Å². The summed E-state index contributed by atoms with van der Waals surface area (Å²) in [7, 11) is 0. The van der Waals surface area contributed by atoms with E-state index in [1.807, 2.05) is 48.1 Å². The molecule has 0 unspecified atom stereocenters. The number of benzene rings is 1. The molecule has 3 aromatic rings. The lowest BCUT2D eigenvalue weighted by Crippen LogP contribution is -2.15. The normalized spacial score (nSPS) is 10.7. The van der Waals surface area contributed by atoms with Crippen LogP contribution in [0.3, 0.4) is 0 Å². The third-order valence-electron chi connectivity index (χ3n) is 4.53. The molecular weight excluding hydrogens is 454 g/mol. The highest BCUT2D eigenvalue weighted by Gasteiger charge is 2.19. The minimum absolute atomic E-state index is 0.0398. The van der Waals surface area contributed by atoms with Gasteiger partial charge in [0.15, 0.2) is 12.4 Å². The Labute approximate surface area is 181 Å². The molecule has 0 aliphatic rings. The Hall–Kier alpha value is -2.51. The van der Waals surface area contributed by atoms with Crippen LogP contribution in [0, 0.1) is 13.8 Å². The first-order valence-electron chi connectivity index (χ1n) is 9.07. The number of carbonyl (C=O) groups excluding carboxylic acids is 3. The predicted octanol–water partition coefficient (Wildman–Crippen LogP) is 5.31. The second kappa shape index (κ2) is 9.33. The summed E-state index contributed by atoms with van der Waals surface area (Å²) >= 11 is 4.76. The number of hydrogen-bond acceptors (Lipinski definition) is 5. The van der Waals surface area contributed by atoms with Crippen LogP contribution in [0.25, 0.3) is 5.69 Å². The number of aromatic nitrogens is 1. The van der Waals surface area contributed by atoms with Crippen molar-refractivity contribution in [2.75, 3.05) is 6.61 Å². The SMILES string of the molecule is Cc1cc(C(=O)COC(=O)CCC(=O)c2cccs2)c(C)n1-c1ccc(Br)cc1. The Morgan fingerprint density at radius 3 is 2.41 bits per heavy atom. The maximum atomic E-state index is 12.6. The number of halogens is 1. The molecule has 0 saturated carbocycles. The van der Waals surface area contributed by atoms with Gasteiger partial charge in [0.25, 0.3) is 0 Å². The summed E-state index contributed by atoms with van der Waals surface area (Å²) in [5, 5.41) is 1.81. The number of Topliss-reactive ketones (excluding diaryl/α,β-unsaturated/α-hetero) is 2. The second-order valence-electron chi connectivity index (χ2n) is 6.58. The van der Waals surface area contributed by atoms with Crippen molar-refractivity contribution in [2.45, 2.75) is 26.7 Å². The molecule has 0 fully saturated rings. The Kier molecular flexibility index (Phi) is 6.82. The van der Waals surface area contributed by atoms with Gasteiger partial charge >= 0.3 is 5.97 Å². The molecule has 7 heteroatoms. The number of ether oxygens (including phenoxy) is 1. The largest absolute Gasteiger partial charge is 0.457 e. The van der Waals surface area contributed by atoms with Gasteiger partial charge in [-0.2, -0.15) is 0 Å². The molecule has 2 aromatic heterocycles. The fraction of sp³-hybridized carbons (Fsp3) is 0.227. The predicted molar refractivity (Wildman–Crippen MR) is 116 cm³/mol. The Bertz CT molecular complexity index is 1040. The molecule has 3 rings (SSSR count). The minimum atomic E-state index is -0.551. The van der Waals surface area contributed by atoms with Crippen LogP contribution in [0.1, 0.15) is 44.3 Å². The van der Waals surface area contributed by atoms with E-state index in [9.17, 15) is 14.4 Å². The monoisotopic (exact) mass is 473 g/mol. The van der Waals surface area contributed by atoms with Crippen LogP contribution in [0.4, 0.5) is 0 Å². The van der Waals surface area contributed by atoms with Gasteiger partial charge in [-0.05, 0) is 55.6 Å². The van der Waals surface area contributed by atoms with Crippen molar-refractivity contribution in [2.24, 2.45) is 0 Å². The summed E-state index contributed by atoms with van der Waals surface area (Å²) < 4.78 is 8.06. The van der Waals surface area contributed by atoms with Crippen LogP contribution in [0.5, 0.6) is 0 Å². The van der Waals surface area contributed by atoms with Crippen molar-refractivity contribution in [1.29, 1.82) is 0 Å². The summed E-state index contributed by atoms with van der Waals surface area (Å²) in [6.07, 6.45) is 0.0353. The molecule has 2 heterocycles. The molecular formula is C22H20BrNO4S. The van der Waals surface area contributed by atoms with Gasteiger partial charge in [-0.3, -0.25) is 14.4 Å². The highest BCUT2D eigenvalue weighted by Crippen LogP contribution is 2.23. The Morgan fingerprint density at radius 1 is 1.03 bits per heavy atom. The van der Waals surface area contributed by atoms with E-state index in [1.165, 1.54) is 11.3 Å². The first-order chi connectivity index (χ1) is 13.9. The standard InChI is InChI=1S/C22H20BrNO4S/c1-14-12-18(15(2)24(14)17-7-5-16(23)6-8-17)20(26)13-28-22(27)10-9-19(25)21-4-3-11-29-21/h3-8,11-12H,9-10,13H2,1-2H3. The van der Waals surface area contributed by atoms with Gasteiger partial charge < -0.3 is 9.30 Å². The van der Waals surface area contributed by atoms with E-state index in [-0.39, 0.29) is 31.0 Å². The summed E-state index contributed by atoms with van der Waals surface area (Å²) in [6, 6.07) is 13.1. The molecule has 0 aliphatic carbocycles. The van der Waals surface area contributed by atoms with Gasteiger partial charge in [0.1, 0.15) is 0 Å². The van der Waals surface area contributed by atoms with Gasteiger partial charge in [0.05, 0.1) is 11.3 Å². The first-order valence-corrected chi connectivity index (χ1v) is 10.7. The lowest BCUT2D eigenvalue weighted by molar-refractivity contribution is -0.142. The summed E-state index contributed by atoms with van der Waals surface area (Å²) in [5.41, 5.74) is 3.18. The Balaban J connectivity index is 1.59. The molecule has 5 nitrogen and oxygen atoms in total. The fourth-order valence-corrected chi connectivity index (χ4v) is 4.06. The van der Waals surface area contributed by atoms with Crippen molar-refractivity contribution in [3.8, 4) is 5.69 Å². The van der Waals surface area contributed by atoms with Gasteiger partial charge in [-0.25, -0.2) is 0 Å². The van der Waals surface area contributed by atoms with Gasteiger partial charge in [-0.15, -0.1) is 11.3 Å². The minimum Gasteiger partial charge on any atom is -0.457 e. The molecule has 0 radical (unpaired) electrons. The molecule has 0 N–H and O–H groups in total. The number of ketones is 2. The number of rotatable bonds is 8. The van der Waals surface area contributed by atoms with Gasteiger partial charge in [-0.1, -0.05) is 22.0 Å². The Morgan fingerprint density at radius 2 is 1.76 bits per heavy atom. The molecule has 0 saturated heterocycles. The van der Waals surface area contributed by atoms with Crippen molar-refractivity contribution in [1.82, 2.24) is 4.57 Å². The average Bonchev–Trinajstić information content (AvgIpc) is 3.33. The number of hydrogen-bond donors (Lipinski definition) is 0. The second-order valence-corrected chi connectivity index (χ2v) is 8.44. The van der Waals surface area contributed by atoms with Crippen molar-refractivity contribution in [3.05, 3.63) is 74.1 Å². The molecule has 0 atom stereocenters. The maximum absolute atomic E-state index is 12.6. The average molecular weight is 474 g/mol. The zero-order valence-corrected chi connectivity index (χ0v) is 18.5. The maximum Gasteiger partial charge on any atom is 0.306 e. The smallest absolute Gasteiger partial charge is 0.306 e. The van der Waals surface area contributed by atoms with Crippen LogP contribution >= 0.6 is 27.3 Å². The zero-order valence-electron chi connectivity index (χ0n) is 16.1. The number of nitrogens with zero attached hydrogens (tertiary/aromatic N) is 1. The van der Waals surface area contributed by atoms with Crippen LogP contribution in [0.2, 0.25) is 0 Å². The number of thiophene rings is 1. The summed E-state index contributed by atoms with van der Waals surface area (Å²) in [5.74, 6) is -0.911. The van der Waals surface area contributed by atoms with Gasteiger partial charge in [0, 0.05) is 33.5 Å². The highest BCUT2D eigenvalue weighted by molar-refractivity contribution is 9.10. The van der Waals surface area contributed by atoms with E-state index in [2.05, 4.69) is 15.9 Å². The summed E-state index contributed by atoms with van der Waals surface area (Å²) in [6.45, 7) is 3.45. The molecule has 0 spiro atoms. The van der Waals surface area contributed by atoms with E-state index in [0.717, 1.165) is 21.5 Å². The van der Waals surface area contributed by atoms with Gasteiger partial charge in [0.2, 0.25) is 5.78 Å². The van der Waals surface area contributed by atoms with Crippen molar-refractivity contribution < 1.29 is 19.1 Å². The summed E-state index contributed by atoms with van der Waals surface area (Å²) in [4.78, 5) is 37.1. The quantitative estimate of drug-likeness (QED) is 0.328. The van der Waals surface area contributed by atoms with E-state index >= 15 is 0 Å². The molecule has 0 bridgehead atoms. The molecule has 1 aromatic carbocycles. The van der Waals surface area contributed by atoms with Crippen LogP contribution in [0.15, 0.2) is 52.3 Å². The topological polar surface area (TPSA) is 65.4 Å². The van der Waals surface area contributed by atoms with Crippen LogP contribution in [-0.2, 0) is 9.53 Å². The third kappa shape index (κ3) is 5.10. The van der Waals surface area contributed by atoms with Crippen LogP contribution < -0.4 is 0 Å². The number of carbonyl (C=O) groups is 3. The van der Waals surface area contributed by atoms with E-state index in [0.29, 0.717) is 10.4 Å². The zero-order chi connectivity index (χ0) is 21.0. The van der Waals surface area contributed by atoms with Crippen molar-refractivity contribution >= 4 is 44.8 Å². The third-order valence-corrected chi connectivity index (χ3v) is 5.97. The van der Waals surface area contributed by atoms with E-state index in [4.69, 9.17) is 4.74 Å². The molecule has 29 heavy (non-hydrogen) atoms. The lowest BCUT2D eigenvalue weighted by atomic mass is 10.1.